The van der Waals surface area contributed by atoms with Gasteiger partial charge in [0.15, 0.2) is 0 Å². The van der Waals surface area contributed by atoms with Crippen LogP contribution in [0.3, 0.4) is 0 Å². The predicted molar refractivity (Wildman–Crippen MR) is 130 cm³/mol. The zero-order valence-electron chi connectivity index (χ0n) is 18.1. The van der Waals surface area contributed by atoms with E-state index in [0.29, 0.717) is 11.1 Å². The SMILES string of the molecule is C.NC[C@H](NC(=O)c1ccc(C#Cc2ccc(NC(=O)[C@@H]3CCCCN3)cc2)cc1)C(=O)NO. The highest BCUT2D eigenvalue weighted by atomic mass is 16.5. The maximum Gasteiger partial charge on any atom is 0.267 e. The molecular formula is C25H31N5O4. The van der Waals surface area contributed by atoms with Crippen LogP contribution in [0.4, 0.5) is 5.69 Å². The summed E-state index contributed by atoms with van der Waals surface area (Å²) in [7, 11) is 0. The van der Waals surface area contributed by atoms with Gasteiger partial charge in [-0.15, -0.1) is 0 Å². The summed E-state index contributed by atoms with van der Waals surface area (Å²) in [5.74, 6) is 4.77. The number of benzene rings is 2. The molecule has 1 fully saturated rings. The van der Waals surface area contributed by atoms with Crippen LogP contribution in [0.1, 0.15) is 48.2 Å². The Hall–Kier alpha value is -3.71. The molecule has 0 bridgehead atoms. The van der Waals surface area contributed by atoms with Crippen molar-refractivity contribution in [1.82, 2.24) is 16.1 Å². The third-order valence-corrected chi connectivity index (χ3v) is 5.25. The fraction of sp³-hybridized carbons (Fsp3) is 0.320. The second kappa shape index (κ2) is 13.1. The van der Waals surface area contributed by atoms with Gasteiger partial charge in [0, 0.05) is 28.9 Å². The average molecular weight is 466 g/mol. The van der Waals surface area contributed by atoms with Crippen molar-refractivity contribution in [3.63, 3.8) is 0 Å². The van der Waals surface area contributed by atoms with E-state index in [1.54, 1.807) is 24.3 Å². The maximum atomic E-state index is 12.3. The van der Waals surface area contributed by atoms with Gasteiger partial charge in [-0.2, -0.15) is 0 Å². The van der Waals surface area contributed by atoms with Crippen LogP contribution in [0.25, 0.3) is 0 Å². The third-order valence-electron chi connectivity index (χ3n) is 5.25. The van der Waals surface area contributed by atoms with Gasteiger partial charge in [-0.05, 0) is 67.9 Å². The van der Waals surface area contributed by atoms with Crippen LogP contribution in [-0.2, 0) is 9.59 Å². The van der Waals surface area contributed by atoms with Gasteiger partial charge >= 0.3 is 0 Å². The van der Waals surface area contributed by atoms with Crippen molar-refractivity contribution in [1.29, 1.82) is 0 Å². The lowest BCUT2D eigenvalue weighted by Crippen LogP contribution is -2.50. The number of nitrogens with two attached hydrogens (primary N) is 1. The number of amides is 3. The van der Waals surface area contributed by atoms with E-state index in [4.69, 9.17) is 10.9 Å². The Morgan fingerprint density at radius 3 is 2.18 bits per heavy atom. The lowest BCUT2D eigenvalue weighted by molar-refractivity contribution is -0.130. The normalized spacial score (nSPS) is 15.5. The van der Waals surface area contributed by atoms with Crippen LogP contribution < -0.4 is 27.2 Å². The molecule has 0 spiro atoms. The Bertz CT molecular complexity index is 1040. The van der Waals surface area contributed by atoms with E-state index in [1.807, 2.05) is 24.3 Å². The summed E-state index contributed by atoms with van der Waals surface area (Å²) < 4.78 is 0. The highest BCUT2D eigenvalue weighted by Crippen LogP contribution is 2.13. The summed E-state index contributed by atoms with van der Waals surface area (Å²) in [6.45, 7) is 0.717. The summed E-state index contributed by atoms with van der Waals surface area (Å²) >= 11 is 0. The molecule has 3 rings (SSSR count). The van der Waals surface area contributed by atoms with Crippen LogP contribution in [-0.4, -0.2) is 48.1 Å². The van der Waals surface area contributed by atoms with Crippen molar-refractivity contribution in [3.05, 3.63) is 65.2 Å². The molecule has 9 heteroatoms. The standard InChI is InChI=1S/C24H27N5O4.CH4/c25-15-21(24(32)29-33)28-22(30)18-10-6-16(7-11-18)4-5-17-8-12-19(13-9-17)27-23(31)20-3-1-2-14-26-20;/h6-13,20-21,26,33H,1-3,14-15,25H2,(H,27,31)(H,28,30)(H,29,32);1H4/t20-,21-;/m0./s1. The Morgan fingerprint density at radius 1 is 1.03 bits per heavy atom. The average Bonchev–Trinajstić information content (AvgIpc) is 2.87. The first-order valence-electron chi connectivity index (χ1n) is 10.7. The van der Waals surface area contributed by atoms with E-state index in [2.05, 4.69) is 27.8 Å². The first-order chi connectivity index (χ1) is 16.0. The molecule has 0 aliphatic carbocycles. The maximum absolute atomic E-state index is 12.3. The first-order valence-corrected chi connectivity index (χ1v) is 10.7. The van der Waals surface area contributed by atoms with Gasteiger partial charge in [-0.25, -0.2) is 5.48 Å². The lowest BCUT2D eigenvalue weighted by atomic mass is 10.0. The predicted octanol–water partition coefficient (Wildman–Crippen LogP) is 1.37. The van der Waals surface area contributed by atoms with Crippen molar-refractivity contribution < 1.29 is 19.6 Å². The van der Waals surface area contributed by atoms with Gasteiger partial charge in [-0.1, -0.05) is 25.7 Å². The van der Waals surface area contributed by atoms with Gasteiger partial charge < -0.3 is 21.7 Å². The largest absolute Gasteiger partial charge is 0.339 e. The van der Waals surface area contributed by atoms with E-state index in [9.17, 15) is 14.4 Å². The van der Waals surface area contributed by atoms with E-state index in [-0.39, 0.29) is 25.9 Å². The second-order valence-electron chi connectivity index (χ2n) is 7.63. The van der Waals surface area contributed by atoms with Crippen molar-refractivity contribution in [2.45, 2.75) is 38.8 Å². The molecule has 0 radical (unpaired) electrons. The molecule has 180 valence electrons. The summed E-state index contributed by atoms with van der Waals surface area (Å²) in [6.07, 6.45) is 3.01. The Labute approximate surface area is 199 Å². The topological polar surface area (TPSA) is 146 Å². The van der Waals surface area contributed by atoms with Crippen LogP contribution >= 0.6 is 0 Å². The molecule has 0 unspecified atom stereocenters. The number of hydroxylamine groups is 1. The van der Waals surface area contributed by atoms with Gasteiger partial charge in [0.2, 0.25) is 5.91 Å². The molecule has 9 nitrogen and oxygen atoms in total. The molecule has 0 saturated carbocycles. The number of nitrogens with one attached hydrogen (secondary N) is 4. The molecule has 0 aromatic heterocycles. The minimum absolute atomic E-state index is 0. The molecule has 1 saturated heterocycles. The summed E-state index contributed by atoms with van der Waals surface area (Å²) in [5, 5.41) is 17.3. The van der Waals surface area contributed by atoms with Gasteiger partial charge in [-0.3, -0.25) is 19.6 Å². The minimum Gasteiger partial charge on any atom is -0.339 e. The van der Waals surface area contributed by atoms with Crippen molar-refractivity contribution in [2.24, 2.45) is 5.73 Å². The number of hydrogen-bond acceptors (Lipinski definition) is 6. The van der Waals surface area contributed by atoms with Gasteiger partial charge in [0.25, 0.3) is 11.8 Å². The number of anilines is 1. The molecule has 2 aromatic rings. The molecule has 34 heavy (non-hydrogen) atoms. The van der Waals surface area contributed by atoms with Crippen LogP contribution in [0.15, 0.2) is 48.5 Å². The van der Waals surface area contributed by atoms with E-state index >= 15 is 0 Å². The van der Waals surface area contributed by atoms with E-state index in [1.165, 1.54) is 5.48 Å². The summed E-state index contributed by atoms with van der Waals surface area (Å²) in [5.41, 5.74) is 9.44. The molecule has 1 aliphatic heterocycles. The first kappa shape index (κ1) is 26.5. The Balaban J connectivity index is 0.00000408. The molecule has 2 aromatic carbocycles. The van der Waals surface area contributed by atoms with Crippen LogP contribution in [0.2, 0.25) is 0 Å². The van der Waals surface area contributed by atoms with Crippen LogP contribution in [0, 0.1) is 11.8 Å². The van der Waals surface area contributed by atoms with Gasteiger partial charge in [0.05, 0.1) is 6.04 Å². The number of hydrogen-bond donors (Lipinski definition) is 6. The van der Waals surface area contributed by atoms with E-state index < -0.39 is 17.9 Å². The number of carbonyl (C=O) groups excluding carboxylic acids is 3. The minimum atomic E-state index is -1.03. The lowest BCUT2D eigenvalue weighted by Gasteiger charge is -2.22. The number of piperidine rings is 1. The quantitative estimate of drug-likeness (QED) is 0.216. The monoisotopic (exact) mass is 465 g/mol. The number of carbonyl (C=O) groups is 3. The zero-order chi connectivity index (χ0) is 23.6. The highest BCUT2D eigenvalue weighted by molar-refractivity contribution is 5.97. The van der Waals surface area contributed by atoms with Gasteiger partial charge in [0.1, 0.15) is 6.04 Å². The Kier molecular flexibility index (Phi) is 10.2. The van der Waals surface area contributed by atoms with Crippen molar-refractivity contribution >= 4 is 23.4 Å². The zero-order valence-corrected chi connectivity index (χ0v) is 18.1. The molecule has 3 amide bonds. The molecule has 7 N–H and O–H groups in total. The molecule has 2 atom stereocenters. The second-order valence-corrected chi connectivity index (χ2v) is 7.63. The highest BCUT2D eigenvalue weighted by Gasteiger charge is 2.20. The molecule has 1 heterocycles. The van der Waals surface area contributed by atoms with Crippen molar-refractivity contribution in [3.8, 4) is 11.8 Å². The summed E-state index contributed by atoms with van der Waals surface area (Å²) in [4.78, 5) is 36.0. The molecule has 1 aliphatic rings. The van der Waals surface area contributed by atoms with Crippen LogP contribution in [0.5, 0.6) is 0 Å². The number of rotatable bonds is 6. The third kappa shape index (κ3) is 7.42. The summed E-state index contributed by atoms with van der Waals surface area (Å²) in [6, 6.07) is 12.7. The fourth-order valence-corrected chi connectivity index (χ4v) is 3.34. The van der Waals surface area contributed by atoms with Crippen molar-refractivity contribution in [2.75, 3.05) is 18.4 Å². The Morgan fingerprint density at radius 2 is 1.65 bits per heavy atom. The molecular weight excluding hydrogens is 434 g/mol. The van der Waals surface area contributed by atoms with E-state index in [0.717, 1.165) is 37.1 Å². The fourth-order valence-electron chi connectivity index (χ4n) is 3.34. The smallest absolute Gasteiger partial charge is 0.267 e.